The summed E-state index contributed by atoms with van der Waals surface area (Å²) in [4.78, 5) is 49.9. The summed E-state index contributed by atoms with van der Waals surface area (Å²) in [5.74, 6) is -0.178. The van der Waals surface area contributed by atoms with Crippen LogP contribution in [-0.2, 0) is 28.7 Å². The summed E-state index contributed by atoms with van der Waals surface area (Å²) in [6, 6.07) is -1.39. The topological polar surface area (TPSA) is 105 Å². The van der Waals surface area contributed by atoms with Crippen molar-refractivity contribution in [3.05, 3.63) is 0 Å². The average molecular weight is 798 g/mol. The molecule has 0 aromatic carbocycles. The average Bonchev–Trinajstić information content (AvgIpc) is 3.39. The number of carbonyl (C=O) groups is 4. The van der Waals surface area contributed by atoms with Gasteiger partial charge in [-0.2, -0.15) is 4.39 Å². The minimum absolute atomic E-state index is 0.0409. The summed E-state index contributed by atoms with van der Waals surface area (Å²) in [5.41, 5.74) is 0. The molecule has 1 N–H and O–H groups in total. The van der Waals surface area contributed by atoms with E-state index in [4.69, 9.17) is 9.47 Å². The van der Waals surface area contributed by atoms with Gasteiger partial charge in [-0.3, -0.25) is 14.4 Å². The highest BCUT2D eigenvalue weighted by atomic mass is 19.1. The number of likely N-dealkylation sites (N-methyl/N-ethyl adjacent to an activating group) is 1. The van der Waals surface area contributed by atoms with E-state index in [0.717, 1.165) is 38.5 Å². The number of amides is 2. The maximum absolute atomic E-state index is 12.9. The van der Waals surface area contributed by atoms with Gasteiger partial charge in [-0.15, -0.1) is 0 Å². The minimum Gasteiger partial charge on any atom is -0.378 e. The van der Waals surface area contributed by atoms with Crippen molar-refractivity contribution in [2.24, 2.45) is 5.92 Å². The van der Waals surface area contributed by atoms with Crippen LogP contribution in [0.15, 0.2) is 0 Å². The van der Waals surface area contributed by atoms with Crippen LogP contribution in [0.25, 0.3) is 0 Å². The van der Waals surface area contributed by atoms with Crippen LogP contribution < -0.4 is 5.32 Å². The van der Waals surface area contributed by atoms with E-state index in [0.29, 0.717) is 45.8 Å². The van der Waals surface area contributed by atoms with Crippen molar-refractivity contribution in [1.82, 2.24) is 15.1 Å². The lowest BCUT2D eigenvalue weighted by Crippen LogP contribution is -2.43. The molecule has 1 heterocycles. The van der Waals surface area contributed by atoms with Crippen LogP contribution in [0.5, 0.6) is 0 Å². The molecule has 0 spiro atoms. The highest BCUT2D eigenvalue weighted by molar-refractivity contribution is 5.81. The lowest BCUT2D eigenvalue weighted by molar-refractivity contribution is -0.133. The van der Waals surface area contributed by atoms with Gasteiger partial charge in [0.15, 0.2) is 0 Å². The van der Waals surface area contributed by atoms with E-state index in [1.807, 2.05) is 11.9 Å². The number of ether oxygens (including phenoxy) is 2. The van der Waals surface area contributed by atoms with Gasteiger partial charge in [-0.1, -0.05) is 168 Å². The van der Waals surface area contributed by atoms with E-state index >= 15 is 0 Å². The Morgan fingerprint density at radius 2 is 1.04 bits per heavy atom. The molecule has 0 aromatic heterocycles. The van der Waals surface area contributed by atoms with E-state index in [2.05, 4.69) is 24.1 Å². The van der Waals surface area contributed by atoms with Crippen LogP contribution in [0.3, 0.4) is 0 Å². The van der Waals surface area contributed by atoms with Crippen LogP contribution >= 0.6 is 0 Å². The van der Waals surface area contributed by atoms with E-state index in [9.17, 15) is 23.6 Å². The van der Waals surface area contributed by atoms with Gasteiger partial charge in [-0.05, 0) is 19.9 Å². The van der Waals surface area contributed by atoms with Crippen LogP contribution in [0.4, 0.5) is 4.39 Å². The molecular formula is C46H88FN3O6. The van der Waals surface area contributed by atoms with Crippen molar-refractivity contribution in [3.63, 3.8) is 0 Å². The fourth-order valence-electron chi connectivity index (χ4n) is 7.13. The smallest absolute Gasteiger partial charge is 0.303 e. The quantitative estimate of drug-likeness (QED) is 0.0377. The number of nitrogens with zero attached hydrogens (tertiary/aromatic N) is 2. The van der Waals surface area contributed by atoms with Crippen molar-refractivity contribution in [1.29, 1.82) is 0 Å². The van der Waals surface area contributed by atoms with Gasteiger partial charge in [0, 0.05) is 45.6 Å². The second kappa shape index (κ2) is 42.7. The molecule has 1 fully saturated rings. The first kappa shape index (κ1) is 54.1. The molecule has 1 atom stereocenters. The third-order valence-electron chi connectivity index (χ3n) is 10.7. The second-order valence-corrected chi connectivity index (χ2v) is 16.1. The third kappa shape index (κ3) is 37.7. The molecule has 56 heavy (non-hydrogen) atoms. The zero-order chi connectivity index (χ0) is 41.2. The van der Waals surface area contributed by atoms with E-state index in [-0.39, 0.29) is 37.4 Å². The predicted molar refractivity (Wildman–Crippen MR) is 230 cm³/mol. The highest BCUT2D eigenvalue weighted by Crippen LogP contribution is 2.16. The maximum atomic E-state index is 12.9. The maximum Gasteiger partial charge on any atom is 0.303 e. The molecule has 9 nitrogen and oxygen atoms in total. The molecule has 0 aliphatic carbocycles. The second-order valence-electron chi connectivity index (χ2n) is 16.1. The van der Waals surface area contributed by atoms with E-state index in [1.54, 1.807) is 0 Å². The van der Waals surface area contributed by atoms with Gasteiger partial charge in [-0.25, -0.2) is 0 Å². The van der Waals surface area contributed by atoms with Gasteiger partial charge >= 0.3 is 6.04 Å². The fourth-order valence-corrected chi connectivity index (χ4v) is 7.13. The lowest BCUT2D eigenvalue weighted by Gasteiger charge is -2.24. The Labute approximate surface area is 343 Å². The standard InChI is InChI=1S/C30H56FN3O5.C16H32O/c1-3-4-5-6-7-8-9-10-11-12-13-14-15-16-29(36)34-20-19-33(2)25-27(26-34)30(37)32-18-22-39-24-23-38-21-17-28(31)35;1-2-3-4-5-6-7-8-9-10-11-12-13-14-15-16-17/h27H,3-26H2,1-2H3,(H,32,37);16H,2-15H2,1H3. The Balaban J connectivity index is 0.00000149. The van der Waals surface area contributed by atoms with Gasteiger partial charge in [0.25, 0.3) is 0 Å². The summed E-state index contributed by atoms with van der Waals surface area (Å²) in [6.07, 6.45) is 36.6. The molecule has 1 aliphatic rings. The fraction of sp³-hybridized carbons (Fsp3) is 0.913. The van der Waals surface area contributed by atoms with E-state index in [1.165, 1.54) is 148 Å². The lowest BCUT2D eigenvalue weighted by atomic mass is 10.0. The first-order chi connectivity index (χ1) is 27.3. The van der Waals surface area contributed by atoms with Crippen LogP contribution in [-0.4, -0.2) is 100 Å². The third-order valence-corrected chi connectivity index (χ3v) is 10.7. The number of hydrogen-bond donors (Lipinski definition) is 1. The Morgan fingerprint density at radius 1 is 0.589 bits per heavy atom. The first-order valence-corrected chi connectivity index (χ1v) is 23.4. The molecule has 1 unspecified atom stereocenters. The van der Waals surface area contributed by atoms with E-state index < -0.39 is 6.04 Å². The number of aldehydes is 1. The Kier molecular flexibility index (Phi) is 41.2. The zero-order valence-electron chi connectivity index (χ0n) is 36.7. The normalized spacial score (nSPS) is 14.6. The molecule has 0 saturated carbocycles. The number of nitrogens with one attached hydrogen (secondary N) is 1. The summed E-state index contributed by atoms with van der Waals surface area (Å²) < 4.78 is 22.6. The highest BCUT2D eigenvalue weighted by Gasteiger charge is 2.28. The number of rotatable bonds is 38. The van der Waals surface area contributed by atoms with Crippen molar-refractivity contribution in [3.8, 4) is 0 Å². The summed E-state index contributed by atoms with van der Waals surface area (Å²) >= 11 is 0. The Bertz CT molecular complexity index is 910. The molecule has 1 rings (SSSR count). The molecule has 0 aromatic rings. The minimum atomic E-state index is -1.39. The Hall–Kier alpha value is -1.91. The first-order valence-electron chi connectivity index (χ1n) is 23.4. The number of unbranched alkanes of at least 4 members (excludes halogenated alkanes) is 25. The monoisotopic (exact) mass is 798 g/mol. The SMILES string of the molecule is CCCCCCCCCCCCCCCC(=O)N1CCN(C)CC(C(=O)NCCOCCOCCC(=O)F)C1.CCCCCCCCCCCCCCCC=O. The van der Waals surface area contributed by atoms with Crippen molar-refractivity contribution < 1.29 is 33.0 Å². The predicted octanol–water partition coefficient (Wildman–Crippen LogP) is 10.6. The summed E-state index contributed by atoms with van der Waals surface area (Å²) in [7, 11) is 1.99. The molecule has 1 saturated heterocycles. The Morgan fingerprint density at radius 3 is 1.50 bits per heavy atom. The molecule has 1 aliphatic heterocycles. The van der Waals surface area contributed by atoms with Crippen LogP contribution in [0.1, 0.15) is 200 Å². The summed E-state index contributed by atoms with van der Waals surface area (Å²) in [5, 5.41) is 2.91. The number of carbonyl (C=O) groups excluding carboxylic acids is 4. The molecule has 2 amide bonds. The number of hydrogen-bond acceptors (Lipinski definition) is 7. The molecule has 0 radical (unpaired) electrons. The molecular weight excluding hydrogens is 710 g/mol. The molecule has 330 valence electrons. The largest absolute Gasteiger partial charge is 0.378 e. The van der Waals surface area contributed by atoms with Gasteiger partial charge in [0.2, 0.25) is 11.8 Å². The van der Waals surface area contributed by atoms with Crippen molar-refractivity contribution >= 4 is 24.1 Å². The molecule has 0 bridgehead atoms. The zero-order valence-corrected chi connectivity index (χ0v) is 36.7. The van der Waals surface area contributed by atoms with Crippen molar-refractivity contribution in [2.75, 3.05) is 66.2 Å². The van der Waals surface area contributed by atoms with Gasteiger partial charge in [0.05, 0.1) is 38.8 Å². The van der Waals surface area contributed by atoms with Gasteiger partial charge in [0.1, 0.15) is 6.29 Å². The van der Waals surface area contributed by atoms with Crippen LogP contribution in [0, 0.1) is 5.92 Å². The summed E-state index contributed by atoms with van der Waals surface area (Å²) in [6.45, 7) is 8.36. The van der Waals surface area contributed by atoms with Gasteiger partial charge < -0.3 is 29.4 Å². The molecule has 10 heteroatoms. The number of halogens is 1. The van der Waals surface area contributed by atoms with Crippen LogP contribution in [0.2, 0.25) is 0 Å². The van der Waals surface area contributed by atoms with Crippen molar-refractivity contribution in [2.45, 2.75) is 200 Å².